The number of hydrogen-bond donors (Lipinski definition) is 1. The average Bonchev–Trinajstić information content (AvgIpc) is 1.78. The van der Waals surface area contributed by atoms with E-state index in [9.17, 15) is 4.80 Å². The van der Waals surface area contributed by atoms with E-state index < -0.39 is 86.3 Å². The van der Waals surface area contributed by atoms with E-state index in [1.807, 2.05) is 60.7 Å². The Balaban J connectivity index is 0.000000235. The van der Waals surface area contributed by atoms with Gasteiger partial charge in [0.05, 0.1) is 16.1 Å². The van der Waals surface area contributed by atoms with Crippen LogP contribution in [0.5, 0.6) is 0 Å². The molecule has 12 aliphatic rings. The molecule has 0 spiro atoms. The zero-order valence-electron chi connectivity index (χ0n) is 53.2. The van der Waals surface area contributed by atoms with Crippen molar-refractivity contribution in [3.8, 4) is 0 Å². The molecule has 12 fully saturated rings. The summed E-state index contributed by atoms with van der Waals surface area (Å²) in [5, 5.41) is 0. The Morgan fingerprint density at radius 1 is 0.341 bits per heavy atom. The fraction of sp³-hybridized carbons (Fsp3) is 0.694. The smallest absolute Gasteiger partial charge is 0.394 e. The Kier molecular flexibility index (Phi) is 22.4. The molecule has 4 heterocycles. The van der Waals surface area contributed by atoms with Crippen molar-refractivity contribution < 1.29 is 71.8 Å². The second-order valence-corrected chi connectivity index (χ2v) is 65.7. The van der Waals surface area contributed by atoms with Crippen LogP contribution < -0.4 is 0 Å². The SMILES string of the molecule is C[Si](C)(C)[C]1[CH][CH][C]([Si](C)(C)C)[CH]1.C[Si]1(C)O[Si]2(C3CCCC3)O[Si]3(C4CCCC4)O[Si](O)(C4CCCC4)O[Si]4(C5CCCC5)O[Si](C5CCCC5)(O1)O[Si](C1CCCC1)(O2)O[Si](C1CCCC1)(O3)O4.[CH2-]c1ccccc1.[CH2-]c1ccccc1.[Ti+3]. The largest absolute Gasteiger partial charge is 3.00 e. The maximum absolute atomic E-state index is 13.9. The first kappa shape index (κ1) is 68.4. The van der Waals surface area contributed by atoms with Crippen molar-refractivity contribution >= 4 is 86.3 Å². The molecule has 8 aliphatic carbocycles. The van der Waals surface area contributed by atoms with Gasteiger partial charge >= 0.3 is 91.9 Å². The Bertz CT molecular complexity index is 2290. The number of benzene rings is 2. The molecule has 85 heavy (non-hydrogen) atoms. The van der Waals surface area contributed by atoms with Gasteiger partial charge in [-0.05, 0) is 133 Å². The van der Waals surface area contributed by atoms with E-state index in [4.69, 9.17) is 45.3 Å². The zero-order chi connectivity index (χ0) is 59.1. The fourth-order valence-corrected chi connectivity index (χ4v) is 70.2. The minimum absolute atomic E-state index is 0. The summed E-state index contributed by atoms with van der Waals surface area (Å²) in [6.07, 6.45) is 35.5. The Morgan fingerprint density at radius 2 is 0.553 bits per heavy atom. The van der Waals surface area contributed by atoms with Crippen LogP contribution >= 0.6 is 0 Å². The van der Waals surface area contributed by atoms with Crippen LogP contribution in [0.1, 0.15) is 191 Å². The van der Waals surface area contributed by atoms with Gasteiger partial charge in [-0.15, -0.1) is 24.3 Å². The first-order valence-corrected chi connectivity index (χ1v) is 55.9. The van der Waals surface area contributed by atoms with Crippen LogP contribution in [0.15, 0.2) is 60.7 Å². The van der Waals surface area contributed by atoms with E-state index in [2.05, 4.69) is 85.5 Å². The summed E-state index contributed by atoms with van der Waals surface area (Å²) in [5.74, 6) is 0. The zero-order valence-corrected chi connectivity index (χ0v) is 64.8. The molecule has 12 nitrogen and oxygen atoms in total. The molecule has 2 aromatic rings. The molecule has 468 valence electrons. The first-order valence-electron chi connectivity index (χ1n) is 33.5. The van der Waals surface area contributed by atoms with E-state index in [-0.39, 0.29) is 60.5 Å². The van der Waals surface area contributed by atoms with E-state index in [1.165, 1.54) is 0 Å². The molecule has 1 N–H and O–H groups in total. The van der Waals surface area contributed by atoms with Gasteiger partial charge < -0.3 is 50.1 Å². The van der Waals surface area contributed by atoms with Crippen molar-refractivity contribution in [3.63, 3.8) is 0 Å². The van der Waals surface area contributed by atoms with Crippen LogP contribution in [-0.4, -0.2) is 91.1 Å². The predicted molar refractivity (Wildman–Crippen MR) is 355 cm³/mol. The summed E-state index contributed by atoms with van der Waals surface area (Å²) >= 11 is 0. The van der Waals surface area contributed by atoms with Crippen LogP contribution in [0, 0.1) is 44.2 Å². The molecule has 4 saturated heterocycles. The van der Waals surface area contributed by atoms with E-state index in [0.29, 0.717) is 0 Å². The third-order valence-corrected chi connectivity index (χ3v) is 62.4. The monoisotopic (exact) mass is 1370 g/mol. The second kappa shape index (κ2) is 27.9. The van der Waals surface area contributed by atoms with Crippen molar-refractivity contribution in [2.75, 3.05) is 0 Å². The molecule has 8 saturated carbocycles. The van der Waals surface area contributed by atoms with Gasteiger partial charge in [0.25, 0.3) is 0 Å². The van der Waals surface area contributed by atoms with Gasteiger partial charge in [-0.25, -0.2) is 0 Å². The summed E-state index contributed by atoms with van der Waals surface area (Å²) in [7, 11) is -32.9. The fourth-order valence-electron chi connectivity index (χ4n) is 15.9. The third kappa shape index (κ3) is 15.2. The van der Waals surface area contributed by atoms with Gasteiger partial charge in [-0.1, -0.05) is 141 Å². The standard InChI is InChI=1S/C37H70O12Si8.C11H21Si2.2C7H7.Ti/c1-50(2)39-52(32-19-5-6-20-32)43-54(34-23-9-10-24-34)41-51(38,31-17-3-4-18-31)42-55(35-25-11-12-26-35)44-53(40-50,33-21-7-8-22-33)46-56(45-52,36-27-13-14-28-36)49-57(47-54,48-55)37-29-15-16-30-37;1-12(2,3)10-7-8-11(9-10)13(4,5)6;2*1-7-5-3-2-4-6-7;/h31-38H,3-30H2,1-2H3;7-9H,1-6H3;2*2-6H,1H2;/q;;2*-1;+3. The first-order chi connectivity index (χ1) is 40.0. The minimum Gasteiger partial charge on any atom is -0.394 e. The van der Waals surface area contributed by atoms with Crippen molar-refractivity contribution in [1.82, 2.24) is 0 Å². The van der Waals surface area contributed by atoms with Gasteiger partial charge in [0, 0.05) is 38.8 Å². The van der Waals surface area contributed by atoms with Crippen molar-refractivity contribution in [2.45, 2.75) is 271 Å². The molecule has 4 unspecified atom stereocenters. The summed E-state index contributed by atoms with van der Waals surface area (Å²) < 4.78 is 89.6. The van der Waals surface area contributed by atoms with Crippen molar-refractivity contribution in [3.05, 3.63) is 116 Å². The minimum atomic E-state index is -4.18. The molecule has 4 atom stereocenters. The van der Waals surface area contributed by atoms with Crippen LogP contribution in [0.4, 0.5) is 0 Å². The topological polar surface area (TPSA) is 122 Å². The molecular formula is C62H105O12Si10Ti+. The van der Waals surface area contributed by atoms with Crippen LogP contribution in [0.25, 0.3) is 0 Å². The second-order valence-electron chi connectivity index (χ2n) is 29.5. The van der Waals surface area contributed by atoms with Gasteiger partial charge in [0.1, 0.15) is 0 Å². The third-order valence-electron chi connectivity index (χ3n) is 20.5. The van der Waals surface area contributed by atoms with E-state index in [0.717, 1.165) is 191 Å². The summed E-state index contributed by atoms with van der Waals surface area (Å²) in [5.41, 5.74) is 5.42. The quantitative estimate of drug-likeness (QED) is 0.190. The van der Waals surface area contributed by atoms with Crippen molar-refractivity contribution in [2.24, 2.45) is 0 Å². The molecule has 6 bridgehead atoms. The van der Waals surface area contributed by atoms with E-state index >= 15 is 0 Å². The summed E-state index contributed by atoms with van der Waals surface area (Å²) in [6.45, 7) is 26.3. The van der Waals surface area contributed by atoms with Crippen molar-refractivity contribution in [1.29, 1.82) is 0 Å². The molecule has 23 heteroatoms. The van der Waals surface area contributed by atoms with Gasteiger partial charge in [-0.3, -0.25) is 0 Å². The van der Waals surface area contributed by atoms with Crippen LogP contribution in [0.3, 0.4) is 0 Å². The Morgan fingerprint density at radius 3 is 0.753 bits per heavy atom. The van der Waals surface area contributed by atoms with Crippen LogP contribution in [-0.2, 0) is 67.0 Å². The maximum Gasteiger partial charge on any atom is 3.00 e. The summed E-state index contributed by atoms with van der Waals surface area (Å²) in [4.78, 5) is 13.9. The number of hydrogen-bond acceptors (Lipinski definition) is 12. The normalized spacial score (nSPS) is 37.4. The van der Waals surface area contributed by atoms with Gasteiger partial charge in [0.2, 0.25) is 0 Å². The molecule has 14 rings (SSSR count). The molecule has 2 aromatic carbocycles. The average molecular weight is 1370 g/mol. The van der Waals surface area contributed by atoms with Gasteiger partial charge in [-0.2, -0.15) is 49.2 Å². The molecular weight excluding hydrogens is 1270 g/mol. The molecule has 4 aliphatic heterocycles. The van der Waals surface area contributed by atoms with Gasteiger partial charge in [0.15, 0.2) is 0 Å². The number of fused-ring (bicyclic) bond motifs is 4. The maximum atomic E-state index is 13.9. The predicted octanol–water partition coefficient (Wildman–Crippen LogP) is 17.4. The molecule has 6 radical (unpaired) electrons. The van der Waals surface area contributed by atoms with Crippen LogP contribution in [0.2, 0.25) is 91.2 Å². The Hall–Kier alpha value is 0.583. The Labute approximate surface area is 540 Å². The molecule has 0 aromatic heterocycles. The van der Waals surface area contributed by atoms with E-state index in [1.54, 1.807) is 11.1 Å². The number of rotatable bonds is 9. The summed E-state index contributed by atoms with van der Waals surface area (Å²) in [6, 6.07) is 19.7. The molecule has 0 amide bonds.